The summed E-state index contributed by atoms with van der Waals surface area (Å²) in [5.41, 5.74) is 10.8. The Bertz CT molecular complexity index is 563. The van der Waals surface area contributed by atoms with E-state index in [2.05, 4.69) is 9.97 Å². The van der Waals surface area contributed by atoms with Crippen molar-refractivity contribution in [3.05, 3.63) is 36.0 Å². The van der Waals surface area contributed by atoms with Gasteiger partial charge in [-0.15, -0.1) is 0 Å². The summed E-state index contributed by atoms with van der Waals surface area (Å²) >= 11 is 0. The van der Waals surface area contributed by atoms with Crippen LogP contribution in [0.5, 0.6) is 0 Å². The fraction of sp³-hybridized carbons (Fsp3) is 0.0909. The van der Waals surface area contributed by atoms with Crippen LogP contribution in [0.15, 0.2) is 30.3 Å². The molecule has 0 spiro atoms. The molecule has 0 atom stereocenters. The predicted molar refractivity (Wildman–Crippen MR) is 61.3 cm³/mol. The maximum absolute atomic E-state index is 12.6. The van der Waals surface area contributed by atoms with Crippen molar-refractivity contribution in [2.75, 3.05) is 11.5 Å². The van der Waals surface area contributed by atoms with Crippen molar-refractivity contribution in [2.45, 2.75) is 6.18 Å². The lowest BCUT2D eigenvalue weighted by Crippen LogP contribution is -2.11. The maximum Gasteiger partial charge on any atom is 0.433 e. The van der Waals surface area contributed by atoms with Gasteiger partial charge in [0.05, 0.1) is 5.69 Å². The number of hydrogen-bond donors (Lipinski definition) is 2. The van der Waals surface area contributed by atoms with Gasteiger partial charge in [0.2, 0.25) is 5.95 Å². The number of nitrogens with zero attached hydrogens (tertiary/aromatic N) is 2. The van der Waals surface area contributed by atoms with Gasteiger partial charge >= 0.3 is 6.18 Å². The van der Waals surface area contributed by atoms with E-state index in [0.29, 0.717) is 11.3 Å². The molecule has 0 fully saturated rings. The molecule has 0 saturated carbocycles. The van der Waals surface area contributed by atoms with Crippen molar-refractivity contribution in [1.82, 2.24) is 9.97 Å². The SMILES string of the molecule is Nc1ccc(-c2cc(C(F)(F)F)nc(N)n2)cc1. The summed E-state index contributed by atoms with van der Waals surface area (Å²) < 4.78 is 37.7. The Morgan fingerprint density at radius 1 is 0.944 bits per heavy atom. The third-order valence-corrected chi connectivity index (χ3v) is 2.24. The number of alkyl halides is 3. The van der Waals surface area contributed by atoms with Crippen molar-refractivity contribution in [1.29, 1.82) is 0 Å². The number of hydrogen-bond acceptors (Lipinski definition) is 4. The van der Waals surface area contributed by atoms with Crippen LogP contribution in [0.2, 0.25) is 0 Å². The Kier molecular flexibility index (Phi) is 2.82. The molecule has 2 rings (SSSR count). The molecule has 1 aromatic heterocycles. The second-order valence-corrected chi connectivity index (χ2v) is 3.62. The summed E-state index contributed by atoms with van der Waals surface area (Å²) in [6.45, 7) is 0. The number of nitrogen functional groups attached to an aromatic ring is 2. The van der Waals surface area contributed by atoms with Gasteiger partial charge in [-0.2, -0.15) is 13.2 Å². The minimum Gasteiger partial charge on any atom is -0.399 e. The molecule has 0 bridgehead atoms. The summed E-state index contributed by atoms with van der Waals surface area (Å²) in [7, 11) is 0. The Hall–Kier alpha value is -2.31. The molecule has 0 aliphatic carbocycles. The first-order chi connectivity index (χ1) is 8.36. The normalized spacial score (nSPS) is 11.5. The van der Waals surface area contributed by atoms with Gasteiger partial charge in [0, 0.05) is 11.3 Å². The molecule has 4 N–H and O–H groups in total. The molecule has 18 heavy (non-hydrogen) atoms. The molecule has 0 aliphatic rings. The lowest BCUT2D eigenvalue weighted by Gasteiger charge is -2.08. The summed E-state index contributed by atoms with van der Waals surface area (Å²) in [6.07, 6.45) is -4.56. The van der Waals surface area contributed by atoms with E-state index in [4.69, 9.17) is 11.5 Å². The molecule has 1 heterocycles. The molecule has 0 saturated heterocycles. The first-order valence-corrected chi connectivity index (χ1v) is 4.94. The predicted octanol–water partition coefficient (Wildman–Crippen LogP) is 2.33. The summed E-state index contributed by atoms with van der Waals surface area (Å²) in [5.74, 6) is -0.420. The molecule has 7 heteroatoms. The Balaban J connectivity index is 2.52. The zero-order chi connectivity index (χ0) is 13.3. The highest BCUT2D eigenvalue weighted by molar-refractivity contribution is 5.63. The van der Waals surface area contributed by atoms with Gasteiger partial charge in [0.25, 0.3) is 0 Å². The minimum atomic E-state index is -4.56. The molecule has 4 nitrogen and oxygen atoms in total. The third kappa shape index (κ3) is 2.50. The Morgan fingerprint density at radius 2 is 1.56 bits per heavy atom. The average molecular weight is 254 g/mol. The largest absolute Gasteiger partial charge is 0.433 e. The standard InChI is InChI=1S/C11H9F3N4/c12-11(13,14)9-5-8(17-10(16)18-9)6-1-3-7(15)4-2-6/h1-5H,15H2,(H2,16,17,18). The number of halogens is 3. The Labute approximate surface area is 100 Å². The summed E-state index contributed by atoms with van der Waals surface area (Å²) in [6, 6.07) is 7.12. The van der Waals surface area contributed by atoms with Gasteiger partial charge in [0.1, 0.15) is 0 Å². The highest BCUT2D eigenvalue weighted by atomic mass is 19.4. The lowest BCUT2D eigenvalue weighted by molar-refractivity contribution is -0.141. The molecule has 0 aliphatic heterocycles. The van der Waals surface area contributed by atoms with E-state index in [1.807, 2.05) is 0 Å². The van der Waals surface area contributed by atoms with E-state index in [9.17, 15) is 13.2 Å². The monoisotopic (exact) mass is 254 g/mol. The molecule has 0 unspecified atom stereocenters. The maximum atomic E-state index is 12.6. The number of aromatic nitrogens is 2. The van der Waals surface area contributed by atoms with Gasteiger partial charge in [-0.3, -0.25) is 0 Å². The van der Waals surface area contributed by atoms with E-state index < -0.39 is 17.8 Å². The number of anilines is 2. The molecular weight excluding hydrogens is 245 g/mol. The quantitative estimate of drug-likeness (QED) is 0.765. The molecule has 1 aromatic carbocycles. The number of nitrogens with two attached hydrogens (primary N) is 2. The molecular formula is C11H9F3N4. The van der Waals surface area contributed by atoms with E-state index in [0.717, 1.165) is 6.07 Å². The topological polar surface area (TPSA) is 77.8 Å². The summed E-state index contributed by atoms with van der Waals surface area (Å²) in [4.78, 5) is 6.94. The smallest absolute Gasteiger partial charge is 0.399 e. The van der Waals surface area contributed by atoms with Gasteiger partial charge in [0.15, 0.2) is 5.69 Å². The van der Waals surface area contributed by atoms with Crippen molar-refractivity contribution in [3.8, 4) is 11.3 Å². The lowest BCUT2D eigenvalue weighted by atomic mass is 10.1. The van der Waals surface area contributed by atoms with Crippen molar-refractivity contribution < 1.29 is 13.2 Å². The minimum absolute atomic E-state index is 0.106. The van der Waals surface area contributed by atoms with Crippen molar-refractivity contribution >= 4 is 11.6 Å². The van der Waals surface area contributed by atoms with Crippen molar-refractivity contribution in [2.24, 2.45) is 0 Å². The Morgan fingerprint density at radius 3 is 2.11 bits per heavy atom. The van der Waals surface area contributed by atoms with Gasteiger partial charge in [-0.25, -0.2) is 9.97 Å². The zero-order valence-electron chi connectivity index (χ0n) is 9.07. The van der Waals surface area contributed by atoms with Crippen LogP contribution in [0.25, 0.3) is 11.3 Å². The molecule has 94 valence electrons. The van der Waals surface area contributed by atoms with E-state index in [1.54, 1.807) is 24.3 Å². The first-order valence-electron chi connectivity index (χ1n) is 4.94. The fourth-order valence-electron chi connectivity index (χ4n) is 1.41. The fourth-order valence-corrected chi connectivity index (χ4v) is 1.41. The van der Waals surface area contributed by atoms with E-state index in [1.165, 1.54) is 0 Å². The highest BCUT2D eigenvalue weighted by Gasteiger charge is 2.33. The van der Waals surface area contributed by atoms with Crippen LogP contribution in [-0.2, 0) is 6.18 Å². The van der Waals surface area contributed by atoms with Crippen LogP contribution in [0.4, 0.5) is 24.8 Å². The highest BCUT2D eigenvalue weighted by Crippen LogP contribution is 2.30. The van der Waals surface area contributed by atoms with E-state index >= 15 is 0 Å². The van der Waals surface area contributed by atoms with Crippen LogP contribution in [-0.4, -0.2) is 9.97 Å². The molecule has 2 aromatic rings. The number of benzene rings is 1. The van der Waals surface area contributed by atoms with Crippen LogP contribution in [0.3, 0.4) is 0 Å². The van der Waals surface area contributed by atoms with Crippen LogP contribution < -0.4 is 11.5 Å². The zero-order valence-corrected chi connectivity index (χ0v) is 9.07. The summed E-state index contributed by atoms with van der Waals surface area (Å²) in [5, 5.41) is 0. The second kappa shape index (κ2) is 4.17. The molecule has 0 radical (unpaired) electrons. The van der Waals surface area contributed by atoms with Crippen LogP contribution in [0.1, 0.15) is 5.69 Å². The van der Waals surface area contributed by atoms with Crippen molar-refractivity contribution in [3.63, 3.8) is 0 Å². The molecule has 0 amide bonds. The average Bonchev–Trinajstić information content (AvgIpc) is 2.28. The first kappa shape index (κ1) is 12.2. The van der Waals surface area contributed by atoms with Gasteiger partial charge in [-0.1, -0.05) is 12.1 Å². The third-order valence-electron chi connectivity index (χ3n) is 2.24. The van der Waals surface area contributed by atoms with Crippen LogP contribution >= 0.6 is 0 Å². The van der Waals surface area contributed by atoms with Gasteiger partial charge < -0.3 is 11.5 Å². The van der Waals surface area contributed by atoms with E-state index in [-0.39, 0.29) is 5.69 Å². The number of rotatable bonds is 1. The second-order valence-electron chi connectivity index (χ2n) is 3.62. The van der Waals surface area contributed by atoms with Gasteiger partial charge in [-0.05, 0) is 18.2 Å². The van der Waals surface area contributed by atoms with Crippen LogP contribution in [0, 0.1) is 0 Å².